The maximum absolute atomic E-state index is 5.27. The van der Waals surface area contributed by atoms with Crippen LogP contribution in [0.1, 0.15) is 43.2 Å². The third kappa shape index (κ3) is 6.34. The van der Waals surface area contributed by atoms with Crippen LogP contribution in [0.4, 0.5) is 0 Å². The molecule has 2 aromatic rings. The van der Waals surface area contributed by atoms with E-state index in [4.69, 9.17) is 4.52 Å². The van der Waals surface area contributed by atoms with Crippen molar-refractivity contribution in [1.82, 2.24) is 25.8 Å². The van der Waals surface area contributed by atoms with Gasteiger partial charge in [-0.1, -0.05) is 25.9 Å². The predicted molar refractivity (Wildman–Crippen MR) is 107 cm³/mol. The zero-order valence-corrected chi connectivity index (χ0v) is 17.9. The van der Waals surface area contributed by atoms with E-state index in [0.717, 1.165) is 23.7 Å². The first-order valence-electron chi connectivity index (χ1n) is 7.57. The number of halogens is 1. The molecule has 24 heavy (non-hydrogen) atoms. The highest BCUT2D eigenvalue weighted by molar-refractivity contribution is 14.0. The smallest absolute Gasteiger partial charge is 0.232 e. The van der Waals surface area contributed by atoms with E-state index in [2.05, 4.69) is 36.1 Å². The van der Waals surface area contributed by atoms with Crippen LogP contribution >= 0.6 is 35.3 Å². The molecule has 2 aromatic heterocycles. The van der Waals surface area contributed by atoms with Crippen molar-refractivity contribution in [1.29, 1.82) is 0 Å². The SMILES string of the molecule is CN=C(NCCc1csc(C)n1)NCc1noc(C(C)(C)C)n1.I. The number of hydrogen-bond donors (Lipinski definition) is 2. The minimum atomic E-state index is -0.142. The van der Waals surface area contributed by atoms with E-state index in [1.165, 1.54) is 0 Å². The first-order valence-corrected chi connectivity index (χ1v) is 8.45. The molecule has 0 bridgehead atoms. The summed E-state index contributed by atoms with van der Waals surface area (Å²) in [6.07, 6.45) is 0.863. The topological polar surface area (TPSA) is 88.2 Å². The molecule has 0 fully saturated rings. The van der Waals surface area contributed by atoms with E-state index < -0.39 is 0 Å². The Balaban J connectivity index is 0.00000288. The Morgan fingerprint density at radius 1 is 1.29 bits per heavy atom. The summed E-state index contributed by atoms with van der Waals surface area (Å²) in [5.74, 6) is 1.96. The van der Waals surface area contributed by atoms with Crippen molar-refractivity contribution >= 4 is 41.3 Å². The van der Waals surface area contributed by atoms with Gasteiger partial charge in [0.1, 0.15) is 0 Å². The summed E-state index contributed by atoms with van der Waals surface area (Å²) in [6.45, 7) is 9.37. The lowest BCUT2D eigenvalue weighted by Gasteiger charge is -2.11. The number of nitrogens with one attached hydrogen (secondary N) is 2. The molecule has 0 aromatic carbocycles. The Morgan fingerprint density at radius 2 is 2.04 bits per heavy atom. The normalized spacial score (nSPS) is 12.0. The monoisotopic (exact) mass is 464 g/mol. The second-order valence-electron chi connectivity index (χ2n) is 6.23. The minimum Gasteiger partial charge on any atom is -0.356 e. The van der Waals surface area contributed by atoms with E-state index in [1.807, 2.05) is 27.7 Å². The summed E-state index contributed by atoms with van der Waals surface area (Å²) >= 11 is 1.67. The lowest BCUT2D eigenvalue weighted by atomic mass is 9.97. The lowest BCUT2D eigenvalue weighted by Crippen LogP contribution is -2.38. The van der Waals surface area contributed by atoms with Gasteiger partial charge in [-0.25, -0.2) is 4.98 Å². The molecule has 0 saturated carbocycles. The van der Waals surface area contributed by atoms with Crippen LogP contribution in [0.15, 0.2) is 14.9 Å². The van der Waals surface area contributed by atoms with E-state index in [0.29, 0.717) is 24.2 Å². The standard InChI is InChI=1S/C15H24N6OS.HI/c1-10-19-11(9-23-10)6-7-17-14(16-5)18-8-12-20-13(22-21-12)15(2,3)4;/h9H,6-8H2,1-5H3,(H2,16,17,18);1H. The van der Waals surface area contributed by atoms with Crippen LogP contribution < -0.4 is 10.6 Å². The third-order valence-electron chi connectivity index (χ3n) is 3.09. The predicted octanol–water partition coefficient (Wildman–Crippen LogP) is 2.66. The lowest BCUT2D eigenvalue weighted by molar-refractivity contribution is 0.318. The van der Waals surface area contributed by atoms with Crippen molar-refractivity contribution in [2.24, 2.45) is 4.99 Å². The fourth-order valence-electron chi connectivity index (χ4n) is 1.85. The molecule has 0 atom stereocenters. The van der Waals surface area contributed by atoms with Gasteiger partial charge in [-0.3, -0.25) is 4.99 Å². The molecule has 0 amide bonds. The Hall–Kier alpha value is -1.23. The van der Waals surface area contributed by atoms with Gasteiger partial charge in [-0.05, 0) is 6.92 Å². The summed E-state index contributed by atoms with van der Waals surface area (Å²) < 4.78 is 5.27. The van der Waals surface area contributed by atoms with Gasteiger partial charge < -0.3 is 15.2 Å². The number of aliphatic imine (C=N–C) groups is 1. The Bertz CT molecular complexity index is 661. The highest BCUT2D eigenvalue weighted by atomic mass is 127. The molecule has 2 heterocycles. The zero-order chi connectivity index (χ0) is 16.9. The molecule has 7 nitrogen and oxygen atoms in total. The largest absolute Gasteiger partial charge is 0.356 e. The summed E-state index contributed by atoms with van der Waals surface area (Å²) in [5, 5.41) is 13.6. The highest BCUT2D eigenvalue weighted by Gasteiger charge is 2.21. The summed E-state index contributed by atoms with van der Waals surface area (Å²) in [4.78, 5) is 13.0. The zero-order valence-electron chi connectivity index (χ0n) is 14.7. The van der Waals surface area contributed by atoms with Crippen LogP contribution in [-0.4, -0.2) is 34.7 Å². The number of nitrogens with zero attached hydrogens (tertiary/aromatic N) is 4. The first kappa shape index (κ1) is 20.8. The number of aryl methyl sites for hydroxylation is 1. The molecule has 2 N–H and O–H groups in total. The Morgan fingerprint density at radius 3 is 2.58 bits per heavy atom. The van der Waals surface area contributed by atoms with Crippen molar-refractivity contribution in [2.75, 3.05) is 13.6 Å². The molecular formula is C15H25IN6OS. The molecule has 0 unspecified atom stereocenters. The van der Waals surface area contributed by atoms with Crippen LogP contribution in [0.3, 0.4) is 0 Å². The molecule has 9 heteroatoms. The van der Waals surface area contributed by atoms with Crippen molar-refractivity contribution in [3.05, 3.63) is 27.8 Å². The number of hydrogen-bond acceptors (Lipinski definition) is 6. The summed E-state index contributed by atoms with van der Waals surface area (Å²) in [5.41, 5.74) is 0.958. The first-order chi connectivity index (χ1) is 10.9. The molecule has 2 rings (SSSR count). The van der Waals surface area contributed by atoms with Gasteiger partial charge in [-0.15, -0.1) is 35.3 Å². The highest BCUT2D eigenvalue weighted by Crippen LogP contribution is 2.19. The van der Waals surface area contributed by atoms with Gasteiger partial charge in [0, 0.05) is 30.8 Å². The maximum Gasteiger partial charge on any atom is 0.232 e. The molecule has 0 aliphatic heterocycles. The third-order valence-corrected chi connectivity index (χ3v) is 3.91. The van der Waals surface area contributed by atoms with Gasteiger partial charge in [0.05, 0.1) is 17.2 Å². The quantitative estimate of drug-likeness (QED) is 0.402. The van der Waals surface area contributed by atoms with Crippen molar-refractivity contribution in [3.8, 4) is 0 Å². The summed E-state index contributed by atoms with van der Waals surface area (Å²) in [6, 6.07) is 0. The van der Waals surface area contributed by atoms with Crippen LogP contribution in [0.5, 0.6) is 0 Å². The van der Waals surface area contributed by atoms with E-state index >= 15 is 0 Å². The van der Waals surface area contributed by atoms with Crippen molar-refractivity contribution in [2.45, 2.75) is 46.1 Å². The minimum absolute atomic E-state index is 0. The number of guanidine groups is 1. The second-order valence-corrected chi connectivity index (χ2v) is 7.29. The molecular weight excluding hydrogens is 439 g/mol. The Labute approximate surface area is 163 Å². The van der Waals surface area contributed by atoms with E-state index in [1.54, 1.807) is 18.4 Å². The fraction of sp³-hybridized carbons (Fsp3) is 0.600. The molecule has 0 aliphatic carbocycles. The van der Waals surface area contributed by atoms with Gasteiger partial charge >= 0.3 is 0 Å². The van der Waals surface area contributed by atoms with E-state index in [-0.39, 0.29) is 29.4 Å². The molecule has 0 radical (unpaired) electrons. The number of rotatable bonds is 5. The Kier molecular flexibility index (Phi) is 8.07. The van der Waals surface area contributed by atoms with Crippen LogP contribution in [0, 0.1) is 6.92 Å². The van der Waals surface area contributed by atoms with E-state index in [9.17, 15) is 0 Å². The summed E-state index contributed by atoms with van der Waals surface area (Å²) in [7, 11) is 1.74. The van der Waals surface area contributed by atoms with Gasteiger partial charge in [0.25, 0.3) is 0 Å². The van der Waals surface area contributed by atoms with Gasteiger partial charge in [0.15, 0.2) is 11.8 Å². The molecule has 0 spiro atoms. The van der Waals surface area contributed by atoms with Crippen LogP contribution in [0.2, 0.25) is 0 Å². The molecule has 134 valence electrons. The van der Waals surface area contributed by atoms with Crippen LogP contribution in [-0.2, 0) is 18.4 Å². The van der Waals surface area contributed by atoms with Crippen LogP contribution in [0.25, 0.3) is 0 Å². The van der Waals surface area contributed by atoms with Crippen molar-refractivity contribution < 1.29 is 4.52 Å². The van der Waals surface area contributed by atoms with Crippen molar-refractivity contribution in [3.63, 3.8) is 0 Å². The van der Waals surface area contributed by atoms with Gasteiger partial charge in [0.2, 0.25) is 5.89 Å². The average molecular weight is 464 g/mol. The maximum atomic E-state index is 5.27. The number of aromatic nitrogens is 3. The number of thiazole rings is 1. The molecule has 0 aliphatic rings. The molecule has 0 saturated heterocycles. The van der Waals surface area contributed by atoms with Gasteiger partial charge in [-0.2, -0.15) is 4.98 Å². The second kappa shape index (κ2) is 9.30. The fourth-order valence-corrected chi connectivity index (χ4v) is 2.49. The average Bonchev–Trinajstić information content (AvgIpc) is 3.11.